The van der Waals surface area contributed by atoms with Crippen LogP contribution in [0.3, 0.4) is 0 Å². The fourth-order valence-corrected chi connectivity index (χ4v) is 3.64. The number of benzene rings is 2. The van der Waals surface area contributed by atoms with Gasteiger partial charge in [-0.15, -0.1) is 0 Å². The molecule has 0 bridgehead atoms. The van der Waals surface area contributed by atoms with Gasteiger partial charge in [0.25, 0.3) is 11.6 Å². The van der Waals surface area contributed by atoms with Crippen LogP contribution in [0.2, 0.25) is 0 Å². The molecule has 34 heavy (non-hydrogen) atoms. The molecule has 1 atom stereocenters. The van der Waals surface area contributed by atoms with Crippen molar-refractivity contribution in [2.24, 2.45) is 0 Å². The highest BCUT2D eigenvalue weighted by molar-refractivity contribution is 6.10. The maximum Gasteiger partial charge on any atom is 0.325 e. The lowest BCUT2D eigenvalue weighted by atomic mass is 9.91. The Hall–Kier alpha value is -4.35. The summed E-state index contributed by atoms with van der Waals surface area (Å²) in [5, 5.41) is 16.3. The van der Waals surface area contributed by atoms with Crippen LogP contribution in [0, 0.1) is 17.0 Å². The van der Waals surface area contributed by atoms with E-state index in [-0.39, 0.29) is 22.9 Å². The highest BCUT2D eigenvalue weighted by Crippen LogP contribution is 2.42. The first-order valence-electron chi connectivity index (χ1n) is 10.0. The number of nitrogens with zero attached hydrogens (tertiary/aromatic N) is 2. The third kappa shape index (κ3) is 4.29. The van der Waals surface area contributed by atoms with Crippen LogP contribution in [0.25, 0.3) is 0 Å². The molecular weight excluding hydrogens is 448 g/mol. The number of hydrogen-bond acceptors (Lipinski definition) is 8. The molecule has 1 fully saturated rings. The van der Waals surface area contributed by atoms with Crippen LogP contribution in [0.4, 0.5) is 16.2 Å². The molecule has 180 valence electrons. The fourth-order valence-electron chi connectivity index (χ4n) is 3.64. The van der Waals surface area contributed by atoms with Gasteiger partial charge in [0, 0.05) is 6.07 Å². The maximum atomic E-state index is 13.2. The number of ether oxygens (including phenoxy) is 3. The number of carbonyl (C=O) groups is 3. The molecule has 0 spiro atoms. The van der Waals surface area contributed by atoms with Gasteiger partial charge in [0.2, 0.25) is 11.7 Å². The minimum absolute atomic E-state index is 0.0416. The number of nitro benzene ring substituents is 1. The van der Waals surface area contributed by atoms with Gasteiger partial charge in [-0.3, -0.25) is 24.6 Å². The first-order chi connectivity index (χ1) is 16.0. The maximum absolute atomic E-state index is 13.2. The normalized spacial score (nSPS) is 17.3. The van der Waals surface area contributed by atoms with Gasteiger partial charge in [-0.2, -0.15) is 0 Å². The number of nitrogens with one attached hydrogen (secondary N) is 2. The Labute approximate surface area is 194 Å². The van der Waals surface area contributed by atoms with E-state index in [2.05, 4.69) is 10.6 Å². The third-order valence-electron chi connectivity index (χ3n) is 5.44. The van der Waals surface area contributed by atoms with Crippen molar-refractivity contribution in [2.75, 3.05) is 33.2 Å². The van der Waals surface area contributed by atoms with Crippen molar-refractivity contribution in [3.05, 3.63) is 51.6 Å². The number of rotatable bonds is 8. The SMILES string of the molecule is COc1cc([C@@]2(C)NC(=O)N(CC(=O)Nc3ccc(C)cc3[N+](=O)[O-])C2=O)cc(OC)c1OC. The van der Waals surface area contributed by atoms with E-state index < -0.39 is 34.9 Å². The summed E-state index contributed by atoms with van der Waals surface area (Å²) in [6.07, 6.45) is 0. The molecule has 2 aromatic rings. The molecule has 0 unspecified atom stereocenters. The third-order valence-corrected chi connectivity index (χ3v) is 5.44. The van der Waals surface area contributed by atoms with Gasteiger partial charge in [0.05, 0.1) is 26.3 Å². The zero-order valence-corrected chi connectivity index (χ0v) is 19.3. The second-order valence-corrected chi connectivity index (χ2v) is 7.69. The standard InChI is InChI=1S/C22H24N4O8/c1-12-6-7-14(15(8-12)26(30)31)23-18(27)11-25-20(28)22(2,24-21(25)29)13-9-16(32-3)19(34-5)17(10-13)33-4/h6-10H,11H2,1-5H3,(H,23,27)(H,24,29)/t22-/m1/s1. The summed E-state index contributed by atoms with van der Waals surface area (Å²) >= 11 is 0. The van der Waals surface area contributed by atoms with E-state index in [1.807, 2.05) is 0 Å². The van der Waals surface area contributed by atoms with Gasteiger partial charge < -0.3 is 24.8 Å². The number of carbonyl (C=O) groups excluding carboxylic acids is 3. The van der Waals surface area contributed by atoms with E-state index in [0.717, 1.165) is 4.90 Å². The first-order valence-corrected chi connectivity index (χ1v) is 10.0. The van der Waals surface area contributed by atoms with E-state index in [1.165, 1.54) is 52.5 Å². The van der Waals surface area contributed by atoms with E-state index >= 15 is 0 Å². The lowest BCUT2D eigenvalue weighted by molar-refractivity contribution is -0.384. The molecule has 1 heterocycles. The summed E-state index contributed by atoms with van der Waals surface area (Å²) in [4.78, 5) is 49.9. The van der Waals surface area contributed by atoms with Crippen LogP contribution in [0.5, 0.6) is 17.2 Å². The molecule has 2 aromatic carbocycles. The van der Waals surface area contributed by atoms with Crippen molar-refractivity contribution in [1.82, 2.24) is 10.2 Å². The number of amides is 4. The zero-order chi connectivity index (χ0) is 25.2. The van der Waals surface area contributed by atoms with Crippen LogP contribution in [-0.2, 0) is 15.1 Å². The average molecular weight is 472 g/mol. The van der Waals surface area contributed by atoms with Crippen LogP contribution in [0.1, 0.15) is 18.1 Å². The first kappa shape index (κ1) is 24.3. The van der Waals surface area contributed by atoms with E-state index in [0.29, 0.717) is 16.9 Å². The molecule has 12 nitrogen and oxygen atoms in total. The Morgan fingerprint density at radius 1 is 1.12 bits per heavy atom. The van der Waals surface area contributed by atoms with Crippen LogP contribution in [0.15, 0.2) is 30.3 Å². The Bertz CT molecular complexity index is 1160. The molecular formula is C22H24N4O8. The number of hydrogen-bond donors (Lipinski definition) is 2. The zero-order valence-electron chi connectivity index (χ0n) is 19.3. The van der Waals surface area contributed by atoms with Crippen LogP contribution in [-0.4, -0.2) is 55.5 Å². The Morgan fingerprint density at radius 3 is 2.26 bits per heavy atom. The molecule has 1 aliphatic rings. The van der Waals surface area contributed by atoms with E-state index in [1.54, 1.807) is 13.0 Å². The molecule has 4 amide bonds. The number of nitro groups is 1. The molecule has 0 aromatic heterocycles. The van der Waals surface area contributed by atoms with Crippen molar-refractivity contribution in [1.29, 1.82) is 0 Å². The number of anilines is 1. The highest BCUT2D eigenvalue weighted by atomic mass is 16.6. The Morgan fingerprint density at radius 2 is 1.74 bits per heavy atom. The van der Waals surface area contributed by atoms with Gasteiger partial charge in [-0.25, -0.2) is 4.79 Å². The molecule has 0 aliphatic carbocycles. The topological polar surface area (TPSA) is 149 Å². The second kappa shape index (κ2) is 9.25. The van der Waals surface area contributed by atoms with E-state index in [9.17, 15) is 24.5 Å². The quantitative estimate of drug-likeness (QED) is 0.338. The number of methoxy groups -OCH3 is 3. The van der Waals surface area contributed by atoms with Crippen LogP contribution >= 0.6 is 0 Å². The molecule has 0 saturated carbocycles. The molecule has 12 heteroatoms. The van der Waals surface area contributed by atoms with Crippen molar-refractivity contribution < 1.29 is 33.5 Å². The summed E-state index contributed by atoms with van der Waals surface area (Å²) in [5.41, 5.74) is -0.884. The lowest BCUT2D eigenvalue weighted by Gasteiger charge is -2.24. The van der Waals surface area contributed by atoms with Gasteiger partial charge in [-0.1, -0.05) is 6.07 Å². The summed E-state index contributed by atoms with van der Waals surface area (Å²) in [6.45, 7) is 2.52. The fraction of sp³-hybridized carbons (Fsp3) is 0.318. The van der Waals surface area contributed by atoms with Crippen molar-refractivity contribution in [3.63, 3.8) is 0 Å². The second-order valence-electron chi connectivity index (χ2n) is 7.69. The predicted molar refractivity (Wildman–Crippen MR) is 120 cm³/mol. The average Bonchev–Trinajstić information content (AvgIpc) is 3.02. The van der Waals surface area contributed by atoms with Crippen molar-refractivity contribution >= 4 is 29.2 Å². The van der Waals surface area contributed by atoms with Gasteiger partial charge in [0.15, 0.2) is 11.5 Å². The monoisotopic (exact) mass is 472 g/mol. The summed E-state index contributed by atoms with van der Waals surface area (Å²) in [6, 6.07) is 6.55. The minimum Gasteiger partial charge on any atom is -0.493 e. The van der Waals surface area contributed by atoms with Crippen molar-refractivity contribution in [2.45, 2.75) is 19.4 Å². The number of aryl methyl sites for hydroxylation is 1. The Balaban J connectivity index is 1.86. The van der Waals surface area contributed by atoms with E-state index in [4.69, 9.17) is 14.2 Å². The summed E-state index contributed by atoms with van der Waals surface area (Å²) in [5.74, 6) is -0.596. The van der Waals surface area contributed by atoms with Gasteiger partial charge in [-0.05, 0) is 43.2 Å². The number of imide groups is 1. The largest absolute Gasteiger partial charge is 0.493 e. The molecule has 1 aliphatic heterocycles. The predicted octanol–water partition coefficient (Wildman–Crippen LogP) is 2.33. The lowest BCUT2D eigenvalue weighted by Crippen LogP contribution is -2.42. The minimum atomic E-state index is -1.53. The summed E-state index contributed by atoms with van der Waals surface area (Å²) < 4.78 is 15.9. The van der Waals surface area contributed by atoms with Gasteiger partial charge in [0.1, 0.15) is 17.8 Å². The highest BCUT2D eigenvalue weighted by Gasteiger charge is 2.50. The molecule has 0 radical (unpaired) electrons. The number of urea groups is 1. The molecule has 3 rings (SSSR count). The Kier molecular flexibility index (Phi) is 6.61. The summed E-state index contributed by atoms with van der Waals surface area (Å²) in [7, 11) is 4.27. The smallest absolute Gasteiger partial charge is 0.325 e. The molecule has 1 saturated heterocycles. The molecule has 2 N–H and O–H groups in total. The van der Waals surface area contributed by atoms with Crippen LogP contribution < -0.4 is 24.8 Å². The van der Waals surface area contributed by atoms with Gasteiger partial charge >= 0.3 is 6.03 Å². The van der Waals surface area contributed by atoms with Crippen molar-refractivity contribution in [3.8, 4) is 17.2 Å².